The number of nitrogens with one attached hydrogen (secondary N) is 2. The number of nitrogens with zero attached hydrogens (tertiary/aromatic N) is 1. The Morgan fingerprint density at radius 2 is 1.59 bits per heavy atom. The van der Waals surface area contributed by atoms with Gasteiger partial charge in [-0.1, -0.05) is 13.8 Å². The third kappa shape index (κ3) is 6.35. The molecule has 0 bridgehead atoms. The molecule has 5 nitrogen and oxygen atoms in total. The summed E-state index contributed by atoms with van der Waals surface area (Å²) in [5.41, 5.74) is 2.50. The van der Waals surface area contributed by atoms with Crippen molar-refractivity contribution in [2.75, 3.05) is 29.9 Å². The smallest absolute Gasteiger partial charge is 0.214 e. The Bertz CT molecular complexity index is 730. The van der Waals surface area contributed by atoms with Gasteiger partial charge in [0.15, 0.2) is 0 Å². The quantitative estimate of drug-likeness (QED) is 0.682. The van der Waals surface area contributed by atoms with Crippen LogP contribution in [0.1, 0.15) is 59.8 Å². The lowest BCUT2D eigenvalue weighted by Gasteiger charge is -2.36. The van der Waals surface area contributed by atoms with Crippen molar-refractivity contribution in [3.63, 3.8) is 0 Å². The lowest BCUT2D eigenvalue weighted by Crippen LogP contribution is -2.41. The van der Waals surface area contributed by atoms with Gasteiger partial charge in [0.1, 0.15) is 0 Å². The van der Waals surface area contributed by atoms with Crippen molar-refractivity contribution in [2.24, 2.45) is 17.8 Å². The van der Waals surface area contributed by atoms with Crippen LogP contribution in [0.3, 0.4) is 0 Å². The van der Waals surface area contributed by atoms with Gasteiger partial charge in [-0.2, -0.15) is 0 Å². The molecule has 0 spiro atoms. The lowest BCUT2D eigenvalue weighted by molar-refractivity contribution is 0.323. The van der Waals surface area contributed by atoms with Crippen molar-refractivity contribution < 1.29 is 8.42 Å². The molecule has 1 aromatic carbocycles. The molecule has 2 fully saturated rings. The fourth-order valence-corrected chi connectivity index (χ4v) is 5.75. The number of benzene rings is 1. The van der Waals surface area contributed by atoms with E-state index in [4.69, 9.17) is 0 Å². The second-order valence-electron chi connectivity index (χ2n) is 9.71. The Hall–Kier alpha value is -1.27. The Balaban J connectivity index is 1.43. The molecule has 1 saturated carbocycles. The van der Waals surface area contributed by atoms with Gasteiger partial charge in [0, 0.05) is 37.1 Å². The average Bonchev–Trinajstić information content (AvgIpc) is 2.67. The van der Waals surface area contributed by atoms with Crippen LogP contribution in [-0.2, 0) is 10.0 Å². The van der Waals surface area contributed by atoms with Crippen LogP contribution < -0.4 is 14.9 Å². The number of piperidine rings is 1. The molecule has 1 aromatic rings. The second-order valence-corrected chi connectivity index (χ2v) is 12.0. The Kier molecular flexibility index (Phi) is 7.49. The van der Waals surface area contributed by atoms with E-state index in [9.17, 15) is 8.42 Å². The molecule has 0 amide bonds. The van der Waals surface area contributed by atoms with E-state index in [2.05, 4.69) is 53.1 Å². The van der Waals surface area contributed by atoms with E-state index in [1.165, 1.54) is 17.8 Å². The molecule has 6 heteroatoms. The molecule has 1 heterocycles. The van der Waals surface area contributed by atoms with Crippen LogP contribution in [0.2, 0.25) is 0 Å². The fourth-order valence-electron chi connectivity index (χ4n) is 4.78. The Morgan fingerprint density at radius 1 is 1.00 bits per heavy atom. The summed E-state index contributed by atoms with van der Waals surface area (Å²) in [7, 11) is -3.16. The monoisotopic (exact) mass is 421 g/mol. The highest BCUT2D eigenvalue weighted by molar-refractivity contribution is 7.90. The van der Waals surface area contributed by atoms with Gasteiger partial charge in [-0.15, -0.1) is 0 Å². The van der Waals surface area contributed by atoms with E-state index in [0.717, 1.165) is 57.2 Å². The summed E-state index contributed by atoms with van der Waals surface area (Å²) in [5, 5.41) is 3.23. The van der Waals surface area contributed by atoms with Crippen molar-refractivity contribution in [1.29, 1.82) is 0 Å². The molecule has 1 aliphatic heterocycles. The van der Waals surface area contributed by atoms with Crippen LogP contribution in [0.25, 0.3) is 0 Å². The largest absolute Gasteiger partial charge is 0.385 e. The summed E-state index contributed by atoms with van der Waals surface area (Å²) in [6, 6.07) is 8.98. The normalized spacial score (nSPS) is 28.5. The minimum absolute atomic E-state index is 0.104. The molecule has 0 aromatic heterocycles. The van der Waals surface area contributed by atoms with Crippen LogP contribution in [-0.4, -0.2) is 39.3 Å². The van der Waals surface area contributed by atoms with Crippen LogP contribution in [0, 0.1) is 17.8 Å². The highest BCUT2D eigenvalue weighted by atomic mass is 32.2. The first-order valence-corrected chi connectivity index (χ1v) is 12.9. The number of anilines is 2. The van der Waals surface area contributed by atoms with Gasteiger partial charge in [-0.3, -0.25) is 0 Å². The number of hydrogen-bond donors (Lipinski definition) is 2. The second kappa shape index (κ2) is 9.69. The highest BCUT2D eigenvalue weighted by Crippen LogP contribution is 2.28. The van der Waals surface area contributed by atoms with E-state index in [1.807, 2.05) is 0 Å². The van der Waals surface area contributed by atoms with Crippen molar-refractivity contribution in [3.8, 4) is 0 Å². The van der Waals surface area contributed by atoms with Gasteiger partial charge >= 0.3 is 0 Å². The molecule has 29 heavy (non-hydrogen) atoms. The first kappa shape index (κ1) is 22.4. The molecular formula is C23H39N3O2S. The molecule has 2 aliphatic rings. The van der Waals surface area contributed by atoms with Crippen LogP contribution in [0.15, 0.2) is 24.3 Å². The minimum atomic E-state index is -3.16. The van der Waals surface area contributed by atoms with Gasteiger partial charge in [0.25, 0.3) is 0 Å². The predicted molar refractivity (Wildman–Crippen MR) is 123 cm³/mol. The van der Waals surface area contributed by atoms with Crippen molar-refractivity contribution in [1.82, 2.24) is 4.72 Å². The molecular weight excluding hydrogens is 382 g/mol. The summed E-state index contributed by atoms with van der Waals surface area (Å²) >= 11 is 0. The molecule has 2 atom stereocenters. The fraction of sp³-hybridized carbons (Fsp3) is 0.739. The van der Waals surface area contributed by atoms with Crippen molar-refractivity contribution in [2.45, 2.75) is 71.1 Å². The first-order chi connectivity index (χ1) is 13.7. The maximum absolute atomic E-state index is 12.0. The Labute approximate surface area is 177 Å². The average molecular weight is 422 g/mol. The minimum Gasteiger partial charge on any atom is -0.385 e. The topological polar surface area (TPSA) is 61.4 Å². The molecule has 2 unspecified atom stereocenters. The number of rotatable bonds is 7. The highest BCUT2D eigenvalue weighted by Gasteiger charge is 2.26. The first-order valence-electron chi connectivity index (χ1n) is 11.3. The predicted octanol–water partition coefficient (Wildman–Crippen LogP) is 4.47. The molecule has 1 saturated heterocycles. The summed E-state index contributed by atoms with van der Waals surface area (Å²) < 4.78 is 27.0. The van der Waals surface area contributed by atoms with E-state index in [0.29, 0.717) is 5.92 Å². The standard InChI is InChI=1S/C23H39N3O2S/c1-17(2)29(27,28)25-22-7-5-20(6-8-22)14-24-21-9-11-23(12-10-21)26-15-18(3)13-19(4)16-26/h9-12,17-20,22,24-25H,5-8,13-16H2,1-4H3. The maximum Gasteiger partial charge on any atom is 0.214 e. The van der Waals surface area contributed by atoms with E-state index >= 15 is 0 Å². The molecule has 3 rings (SSSR count). The maximum atomic E-state index is 12.0. The van der Waals surface area contributed by atoms with Crippen molar-refractivity contribution >= 4 is 21.4 Å². The summed E-state index contributed by atoms with van der Waals surface area (Å²) in [4.78, 5) is 2.52. The number of sulfonamides is 1. The van der Waals surface area contributed by atoms with Crippen LogP contribution in [0.4, 0.5) is 11.4 Å². The van der Waals surface area contributed by atoms with Crippen LogP contribution in [0.5, 0.6) is 0 Å². The zero-order valence-corrected chi connectivity index (χ0v) is 19.3. The van der Waals surface area contributed by atoms with E-state index in [1.54, 1.807) is 13.8 Å². The third-order valence-electron chi connectivity index (χ3n) is 6.49. The van der Waals surface area contributed by atoms with Gasteiger partial charge in [0.05, 0.1) is 5.25 Å². The van der Waals surface area contributed by atoms with E-state index in [-0.39, 0.29) is 11.3 Å². The zero-order chi connectivity index (χ0) is 21.0. The van der Waals surface area contributed by atoms with Gasteiger partial charge in [-0.05, 0) is 88.0 Å². The SMILES string of the molecule is CC1CC(C)CN(c2ccc(NCC3CCC(NS(=O)(=O)C(C)C)CC3)cc2)C1. The summed E-state index contributed by atoms with van der Waals surface area (Å²) in [5.74, 6) is 2.13. The van der Waals surface area contributed by atoms with Crippen molar-refractivity contribution in [3.05, 3.63) is 24.3 Å². The Morgan fingerprint density at radius 3 is 2.14 bits per heavy atom. The molecule has 1 aliphatic carbocycles. The molecule has 0 radical (unpaired) electrons. The zero-order valence-electron chi connectivity index (χ0n) is 18.5. The van der Waals surface area contributed by atoms with E-state index < -0.39 is 10.0 Å². The van der Waals surface area contributed by atoms with Gasteiger partial charge in [0.2, 0.25) is 10.0 Å². The molecule has 164 valence electrons. The van der Waals surface area contributed by atoms with Gasteiger partial charge < -0.3 is 10.2 Å². The summed E-state index contributed by atoms with van der Waals surface area (Å²) in [6.45, 7) is 11.4. The molecule has 2 N–H and O–H groups in total. The third-order valence-corrected chi connectivity index (χ3v) is 8.40. The van der Waals surface area contributed by atoms with Crippen LogP contribution >= 0.6 is 0 Å². The van der Waals surface area contributed by atoms with Gasteiger partial charge in [-0.25, -0.2) is 13.1 Å². The summed E-state index contributed by atoms with van der Waals surface area (Å²) in [6.07, 6.45) is 5.34. The number of hydrogen-bond acceptors (Lipinski definition) is 4. The lowest BCUT2D eigenvalue weighted by atomic mass is 9.86.